The van der Waals surface area contributed by atoms with Gasteiger partial charge in [-0.2, -0.15) is 0 Å². The highest BCUT2D eigenvalue weighted by Crippen LogP contribution is 2.37. The van der Waals surface area contributed by atoms with Gasteiger partial charge in [0, 0.05) is 10.6 Å². The number of rotatable bonds is 5. The summed E-state index contributed by atoms with van der Waals surface area (Å²) in [6.45, 7) is 6.28. The largest absolute Gasteiger partial charge is 0.325 e. The summed E-state index contributed by atoms with van der Waals surface area (Å²) in [6.07, 6.45) is 3.02. The van der Waals surface area contributed by atoms with Gasteiger partial charge in [0.1, 0.15) is 4.83 Å². The average molecular weight is 490 g/mol. The lowest BCUT2D eigenvalue weighted by Crippen LogP contribution is -2.23. The number of benzene rings is 2. The second kappa shape index (κ2) is 9.39. The fourth-order valence-electron chi connectivity index (χ4n) is 4.65. The van der Waals surface area contributed by atoms with Crippen molar-refractivity contribution in [2.24, 2.45) is 5.92 Å². The van der Waals surface area contributed by atoms with Gasteiger partial charge in [0.15, 0.2) is 5.16 Å². The Bertz CT molecular complexity index is 1420. The lowest BCUT2D eigenvalue weighted by Gasteiger charge is -2.17. The number of nitrogens with one attached hydrogen (secondary N) is 1. The molecule has 4 aromatic rings. The molecule has 0 bridgehead atoms. The Hall–Kier alpha value is -2.90. The van der Waals surface area contributed by atoms with Crippen molar-refractivity contribution >= 4 is 44.9 Å². The topological polar surface area (TPSA) is 64.0 Å². The van der Waals surface area contributed by atoms with Crippen molar-refractivity contribution in [3.05, 3.63) is 80.5 Å². The molecule has 1 N–H and O–H groups in total. The van der Waals surface area contributed by atoms with E-state index in [0.29, 0.717) is 11.1 Å². The number of aromatic nitrogens is 2. The molecule has 1 atom stereocenters. The summed E-state index contributed by atoms with van der Waals surface area (Å²) < 4.78 is 1.67. The molecular formula is C27H27N3O2S2. The van der Waals surface area contributed by atoms with Crippen LogP contribution in [0.3, 0.4) is 0 Å². The highest BCUT2D eigenvalue weighted by molar-refractivity contribution is 7.99. The predicted molar refractivity (Wildman–Crippen MR) is 142 cm³/mol. The molecule has 1 aliphatic rings. The molecule has 0 aliphatic heterocycles. The maximum absolute atomic E-state index is 13.8. The van der Waals surface area contributed by atoms with Crippen LogP contribution in [-0.2, 0) is 17.6 Å². The van der Waals surface area contributed by atoms with Crippen LogP contribution in [0.1, 0.15) is 34.9 Å². The van der Waals surface area contributed by atoms with Crippen molar-refractivity contribution in [2.75, 3.05) is 11.1 Å². The fraction of sp³-hybridized carbons (Fsp3) is 0.296. The number of nitrogens with zero attached hydrogens (tertiary/aromatic N) is 2. The van der Waals surface area contributed by atoms with Gasteiger partial charge < -0.3 is 5.32 Å². The third kappa shape index (κ3) is 4.55. The van der Waals surface area contributed by atoms with Crippen LogP contribution >= 0.6 is 23.1 Å². The summed E-state index contributed by atoms with van der Waals surface area (Å²) in [6, 6.07) is 15.6. The minimum atomic E-state index is -0.122. The molecule has 2 aromatic heterocycles. The van der Waals surface area contributed by atoms with Crippen LogP contribution in [-0.4, -0.2) is 21.2 Å². The normalized spacial score (nSPS) is 15.3. The van der Waals surface area contributed by atoms with Crippen LogP contribution in [0, 0.1) is 19.8 Å². The Morgan fingerprint density at radius 1 is 1.18 bits per heavy atom. The molecule has 5 rings (SSSR count). The first kappa shape index (κ1) is 22.9. The summed E-state index contributed by atoms with van der Waals surface area (Å²) in [7, 11) is 0. The molecule has 1 unspecified atom stereocenters. The summed E-state index contributed by atoms with van der Waals surface area (Å²) in [4.78, 5) is 33.5. The van der Waals surface area contributed by atoms with Crippen molar-refractivity contribution in [2.45, 2.75) is 45.2 Å². The molecule has 0 radical (unpaired) electrons. The molecule has 2 heterocycles. The van der Waals surface area contributed by atoms with Gasteiger partial charge >= 0.3 is 0 Å². The van der Waals surface area contributed by atoms with Crippen LogP contribution < -0.4 is 10.9 Å². The highest BCUT2D eigenvalue weighted by Gasteiger charge is 2.25. The first-order valence-corrected chi connectivity index (χ1v) is 13.3. The number of hydrogen-bond acceptors (Lipinski definition) is 5. The zero-order valence-electron chi connectivity index (χ0n) is 19.6. The van der Waals surface area contributed by atoms with Gasteiger partial charge in [-0.3, -0.25) is 14.2 Å². The van der Waals surface area contributed by atoms with Crippen molar-refractivity contribution in [3.8, 4) is 5.69 Å². The Labute approximate surface area is 207 Å². The van der Waals surface area contributed by atoms with E-state index in [0.717, 1.165) is 52.0 Å². The predicted octanol–water partition coefficient (Wildman–Crippen LogP) is 5.92. The van der Waals surface area contributed by atoms with Crippen molar-refractivity contribution in [1.82, 2.24) is 9.55 Å². The maximum Gasteiger partial charge on any atom is 0.267 e. The van der Waals surface area contributed by atoms with E-state index in [1.807, 2.05) is 56.3 Å². The molecule has 0 spiro atoms. The average Bonchev–Trinajstić information content (AvgIpc) is 3.15. The van der Waals surface area contributed by atoms with Crippen LogP contribution in [0.2, 0.25) is 0 Å². The first-order valence-electron chi connectivity index (χ1n) is 11.5. The van der Waals surface area contributed by atoms with Crippen LogP contribution in [0.25, 0.3) is 15.9 Å². The van der Waals surface area contributed by atoms with Crippen LogP contribution in [0.5, 0.6) is 0 Å². The number of carbonyl (C=O) groups excluding carboxylic acids is 1. The number of para-hydroxylation sites is 1. The van der Waals surface area contributed by atoms with E-state index in [2.05, 4.69) is 18.3 Å². The van der Waals surface area contributed by atoms with Gasteiger partial charge in [0.2, 0.25) is 5.91 Å². The number of amides is 1. The molecule has 34 heavy (non-hydrogen) atoms. The molecule has 0 saturated carbocycles. The Morgan fingerprint density at radius 3 is 2.65 bits per heavy atom. The van der Waals surface area contributed by atoms with Crippen molar-refractivity contribution in [1.29, 1.82) is 0 Å². The maximum atomic E-state index is 13.8. The van der Waals surface area contributed by atoms with E-state index in [9.17, 15) is 9.59 Å². The van der Waals surface area contributed by atoms with E-state index >= 15 is 0 Å². The highest BCUT2D eigenvalue weighted by atomic mass is 32.2. The second-order valence-electron chi connectivity index (χ2n) is 9.12. The van der Waals surface area contributed by atoms with E-state index in [4.69, 9.17) is 4.98 Å². The summed E-state index contributed by atoms with van der Waals surface area (Å²) in [5.41, 5.74) is 4.88. The number of thioether (sulfide) groups is 1. The first-order chi connectivity index (χ1) is 16.4. The Morgan fingerprint density at radius 2 is 1.91 bits per heavy atom. The van der Waals surface area contributed by atoms with E-state index < -0.39 is 0 Å². The molecule has 0 saturated heterocycles. The number of carbonyl (C=O) groups is 1. The molecule has 5 nitrogen and oxygen atoms in total. The smallest absolute Gasteiger partial charge is 0.267 e. The zero-order valence-corrected chi connectivity index (χ0v) is 21.2. The zero-order chi connectivity index (χ0) is 23.8. The standard InChI is InChI=1S/C27H27N3O2S2/c1-16-9-10-21-22(14-16)34-25-24(21)26(32)30(20-7-5-4-6-8-20)27(29-25)33-15-23(31)28-19-12-17(2)11-18(3)13-19/h4-8,11-13,16H,9-10,14-15H2,1-3H3,(H,28,31). The Kier molecular flexibility index (Phi) is 6.32. The second-order valence-corrected chi connectivity index (χ2v) is 11.1. The molecule has 174 valence electrons. The van der Waals surface area contributed by atoms with Gasteiger partial charge in [-0.15, -0.1) is 11.3 Å². The molecule has 1 amide bonds. The lowest BCUT2D eigenvalue weighted by atomic mass is 9.89. The number of aryl methyl sites for hydroxylation is 3. The fourth-order valence-corrected chi connectivity index (χ4v) is 6.88. The van der Waals surface area contributed by atoms with Crippen molar-refractivity contribution in [3.63, 3.8) is 0 Å². The van der Waals surface area contributed by atoms with Crippen LogP contribution in [0.4, 0.5) is 5.69 Å². The van der Waals surface area contributed by atoms with E-state index in [1.54, 1.807) is 15.9 Å². The molecule has 1 aliphatic carbocycles. The van der Waals surface area contributed by atoms with Gasteiger partial charge in [-0.25, -0.2) is 4.98 Å². The molecule has 2 aromatic carbocycles. The molecule has 0 fully saturated rings. The Balaban J connectivity index is 1.50. The molecule has 7 heteroatoms. The summed E-state index contributed by atoms with van der Waals surface area (Å²) >= 11 is 2.94. The summed E-state index contributed by atoms with van der Waals surface area (Å²) in [5.74, 6) is 0.669. The molecular weight excluding hydrogens is 462 g/mol. The number of anilines is 1. The number of fused-ring (bicyclic) bond motifs is 3. The van der Waals surface area contributed by atoms with Gasteiger partial charge in [0.05, 0.1) is 16.8 Å². The van der Waals surface area contributed by atoms with Gasteiger partial charge in [-0.1, -0.05) is 43.0 Å². The van der Waals surface area contributed by atoms with Gasteiger partial charge in [0.25, 0.3) is 5.56 Å². The third-order valence-corrected chi connectivity index (χ3v) is 8.24. The minimum absolute atomic E-state index is 0.0412. The summed E-state index contributed by atoms with van der Waals surface area (Å²) in [5, 5.41) is 4.27. The number of thiophene rings is 1. The van der Waals surface area contributed by atoms with E-state index in [1.165, 1.54) is 22.2 Å². The monoisotopic (exact) mass is 489 g/mol. The van der Waals surface area contributed by atoms with Crippen molar-refractivity contribution < 1.29 is 4.79 Å². The van der Waals surface area contributed by atoms with Crippen LogP contribution in [0.15, 0.2) is 58.5 Å². The van der Waals surface area contributed by atoms with E-state index in [-0.39, 0.29) is 17.2 Å². The SMILES string of the molecule is Cc1cc(C)cc(NC(=O)CSc2nc3sc4c(c3c(=O)n2-c2ccccc2)CCC(C)C4)c1. The third-order valence-electron chi connectivity index (χ3n) is 6.15. The number of hydrogen-bond donors (Lipinski definition) is 1. The van der Waals surface area contributed by atoms with Gasteiger partial charge in [-0.05, 0) is 80.0 Å². The minimum Gasteiger partial charge on any atom is -0.325 e. The lowest BCUT2D eigenvalue weighted by molar-refractivity contribution is -0.113. The quantitative estimate of drug-likeness (QED) is 0.279.